The summed E-state index contributed by atoms with van der Waals surface area (Å²) in [7, 11) is 0. The Labute approximate surface area is 93.2 Å². The van der Waals surface area contributed by atoms with Gasteiger partial charge < -0.3 is 5.11 Å². The summed E-state index contributed by atoms with van der Waals surface area (Å²) in [6.07, 6.45) is 3.52. The van der Waals surface area contributed by atoms with Gasteiger partial charge in [-0.3, -0.25) is 9.78 Å². The highest BCUT2D eigenvalue weighted by Crippen LogP contribution is 2.14. The Bertz CT molecular complexity index is 485. The molecule has 1 aromatic heterocycles. The van der Waals surface area contributed by atoms with E-state index >= 15 is 0 Å². The lowest BCUT2D eigenvalue weighted by atomic mass is 10.1. The van der Waals surface area contributed by atoms with Crippen molar-refractivity contribution in [3.63, 3.8) is 0 Å². The van der Waals surface area contributed by atoms with Crippen molar-refractivity contribution in [1.29, 1.82) is 0 Å². The van der Waals surface area contributed by atoms with E-state index in [4.69, 9.17) is 5.11 Å². The van der Waals surface area contributed by atoms with Crippen LogP contribution in [-0.4, -0.2) is 16.1 Å². The molecule has 2 rings (SSSR count). The van der Waals surface area contributed by atoms with Crippen molar-refractivity contribution in [3.05, 3.63) is 42.2 Å². The zero-order valence-electron chi connectivity index (χ0n) is 7.88. The van der Waals surface area contributed by atoms with E-state index in [1.165, 1.54) is 0 Å². The van der Waals surface area contributed by atoms with Gasteiger partial charge >= 0.3 is 5.97 Å². The van der Waals surface area contributed by atoms with E-state index in [1.807, 2.05) is 24.3 Å². The lowest BCUT2D eigenvalue weighted by molar-refractivity contribution is -0.136. The van der Waals surface area contributed by atoms with Crippen LogP contribution in [0.4, 0.5) is 0 Å². The van der Waals surface area contributed by atoms with Crippen LogP contribution in [0.1, 0.15) is 5.56 Å². The maximum atomic E-state index is 10.5. The van der Waals surface area contributed by atoms with E-state index in [0.717, 1.165) is 16.3 Å². The molecule has 1 N–H and O–H groups in total. The standard InChI is InChI=1S/C11H9NO2.ClH/c13-11(14)6-8-1-2-9-3-4-12-7-10(9)5-8;/h1-5,7H,6H2,(H,13,14);1H. The number of fused-ring (bicyclic) bond motifs is 1. The average molecular weight is 224 g/mol. The summed E-state index contributed by atoms with van der Waals surface area (Å²) < 4.78 is 0. The lowest BCUT2D eigenvalue weighted by Crippen LogP contribution is -1.99. The first-order valence-electron chi connectivity index (χ1n) is 4.30. The smallest absolute Gasteiger partial charge is 0.307 e. The Balaban J connectivity index is 0.00000112. The maximum Gasteiger partial charge on any atom is 0.307 e. The van der Waals surface area contributed by atoms with Gasteiger partial charge in [0.25, 0.3) is 0 Å². The molecule has 2 aromatic rings. The number of halogens is 1. The van der Waals surface area contributed by atoms with Gasteiger partial charge in [0, 0.05) is 17.8 Å². The predicted octanol–water partition coefficient (Wildman–Crippen LogP) is 2.28. The number of pyridine rings is 1. The van der Waals surface area contributed by atoms with E-state index in [2.05, 4.69) is 4.98 Å². The lowest BCUT2D eigenvalue weighted by Gasteiger charge is -1.99. The summed E-state index contributed by atoms with van der Waals surface area (Å²) in [5.41, 5.74) is 0.804. The van der Waals surface area contributed by atoms with E-state index in [9.17, 15) is 4.79 Å². The number of aliphatic carboxylic acids is 1. The molecule has 15 heavy (non-hydrogen) atoms. The molecule has 0 aliphatic carbocycles. The normalized spacial score (nSPS) is 9.60. The Hall–Kier alpha value is -1.61. The summed E-state index contributed by atoms with van der Waals surface area (Å²) in [6, 6.07) is 7.50. The van der Waals surface area contributed by atoms with Crippen LogP contribution in [0.5, 0.6) is 0 Å². The van der Waals surface area contributed by atoms with Crippen molar-refractivity contribution in [1.82, 2.24) is 4.98 Å². The van der Waals surface area contributed by atoms with Crippen molar-refractivity contribution >= 4 is 29.1 Å². The molecule has 0 saturated heterocycles. The van der Waals surface area contributed by atoms with E-state index in [-0.39, 0.29) is 18.8 Å². The highest BCUT2D eigenvalue weighted by Gasteiger charge is 2.00. The molecule has 0 aliphatic rings. The van der Waals surface area contributed by atoms with Crippen molar-refractivity contribution in [3.8, 4) is 0 Å². The van der Waals surface area contributed by atoms with Crippen molar-refractivity contribution in [2.24, 2.45) is 0 Å². The van der Waals surface area contributed by atoms with Gasteiger partial charge in [0.1, 0.15) is 0 Å². The Kier molecular flexibility index (Phi) is 3.63. The Morgan fingerprint density at radius 2 is 2.07 bits per heavy atom. The predicted molar refractivity (Wildman–Crippen MR) is 60.3 cm³/mol. The van der Waals surface area contributed by atoms with Gasteiger partial charge in [-0.25, -0.2) is 0 Å². The minimum Gasteiger partial charge on any atom is -0.481 e. The summed E-state index contributed by atoms with van der Waals surface area (Å²) in [6.45, 7) is 0. The molecule has 0 fully saturated rings. The van der Waals surface area contributed by atoms with Crippen molar-refractivity contribution < 1.29 is 9.90 Å². The van der Waals surface area contributed by atoms with Gasteiger partial charge in [0.15, 0.2) is 0 Å². The van der Waals surface area contributed by atoms with Crippen LogP contribution in [-0.2, 0) is 11.2 Å². The molecule has 0 atom stereocenters. The molecule has 0 spiro atoms. The van der Waals surface area contributed by atoms with E-state index in [0.29, 0.717) is 0 Å². The van der Waals surface area contributed by atoms with Gasteiger partial charge in [-0.1, -0.05) is 12.1 Å². The molecule has 0 bridgehead atoms. The number of aromatic nitrogens is 1. The number of carbonyl (C=O) groups is 1. The minimum absolute atomic E-state index is 0. The fraction of sp³-hybridized carbons (Fsp3) is 0.0909. The molecular formula is C11H10ClNO2. The molecule has 1 aromatic carbocycles. The second kappa shape index (κ2) is 4.75. The van der Waals surface area contributed by atoms with Gasteiger partial charge in [0.2, 0.25) is 0 Å². The second-order valence-corrected chi connectivity index (χ2v) is 3.13. The molecule has 3 nitrogen and oxygen atoms in total. The van der Waals surface area contributed by atoms with E-state index < -0.39 is 5.97 Å². The molecule has 4 heteroatoms. The third kappa shape index (κ3) is 2.67. The van der Waals surface area contributed by atoms with E-state index in [1.54, 1.807) is 12.4 Å². The molecule has 0 unspecified atom stereocenters. The first-order valence-corrected chi connectivity index (χ1v) is 4.30. The van der Waals surface area contributed by atoms with Crippen LogP contribution in [0.25, 0.3) is 10.8 Å². The Morgan fingerprint density at radius 3 is 2.80 bits per heavy atom. The molecule has 78 valence electrons. The maximum absolute atomic E-state index is 10.5. The van der Waals surface area contributed by atoms with Crippen LogP contribution in [0, 0.1) is 0 Å². The zero-order chi connectivity index (χ0) is 9.97. The number of carboxylic acids is 1. The monoisotopic (exact) mass is 223 g/mol. The second-order valence-electron chi connectivity index (χ2n) is 3.13. The summed E-state index contributed by atoms with van der Waals surface area (Å²) >= 11 is 0. The quantitative estimate of drug-likeness (QED) is 0.850. The largest absolute Gasteiger partial charge is 0.481 e. The molecule has 0 radical (unpaired) electrons. The number of nitrogens with zero attached hydrogens (tertiary/aromatic N) is 1. The molecule has 0 aliphatic heterocycles. The van der Waals surface area contributed by atoms with Gasteiger partial charge in [-0.05, 0) is 23.1 Å². The number of rotatable bonds is 2. The van der Waals surface area contributed by atoms with Gasteiger partial charge in [0.05, 0.1) is 6.42 Å². The van der Waals surface area contributed by atoms with Crippen LogP contribution in [0.2, 0.25) is 0 Å². The SMILES string of the molecule is Cl.O=C(O)Cc1ccc2ccncc2c1. The summed E-state index contributed by atoms with van der Waals surface area (Å²) in [5.74, 6) is -0.812. The summed E-state index contributed by atoms with van der Waals surface area (Å²) in [4.78, 5) is 14.5. The number of benzene rings is 1. The van der Waals surface area contributed by atoms with Crippen LogP contribution >= 0.6 is 12.4 Å². The first kappa shape index (κ1) is 11.5. The molecular weight excluding hydrogens is 214 g/mol. The topological polar surface area (TPSA) is 50.2 Å². The van der Waals surface area contributed by atoms with Gasteiger partial charge in [-0.15, -0.1) is 12.4 Å². The van der Waals surface area contributed by atoms with Crippen molar-refractivity contribution in [2.45, 2.75) is 6.42 Å². The summed E-state index contributed by atoms with van der Waals surface area (Å²) in [5, 5.41) is 10.7. The highest BCUT2D eigenvalue weighted by atomic mass is 35.5. The minimum atomic E-state index is -0.812. The number of hydrogen-bond donors (Lipinski definition) is 1. The third-order valence-electron chi connectivity index (χ3n) is 2.06. The fourth-order valence-corrected chi connectivity index (χ4v) is 1.42. The third-order valence-corrected chi connectivity index (χ3v) is 2.06. The molecule has 0 saturated carbocycles. The zero-order valence-corrected chi connectivity index (χ0v) is 8.70. The average Bonchev–Trinajstić information content (AvgIpc) is 2.17. The first-order chi connectivity index (χ1) is 6.75. The van der Waals surface area contributed by atoms with Gasteiger partial charge in [-0.2, -0.15) is 0 Å². The number of carboxylic acid groups (broad SMARTS) is 1. The molecule has 1 heterocycles. The van der Waals surface area contributed by atoms with Crippen LogP contribution in [0.3, 0.4) is 0 Å². The fourth-order valence-electron chi connectivity index (χ4n) is 1.42. The number of hydrogen-bond acceptors (Lipinski definition) is 2. The van der Waals surface area contributed by atoms with Crippen LogP contribution < -0.4 is 0 Å². The highest BCUT2D eigenvalue weighted by molar-refractivity contribution is 5.85. The van der Waals surface area contributed by atoms with Crippen LogP contribution in [0.15, 0.2) is 36.7 Å². The molecule has 0 amide bonds. The Morgan fingerprint density at radius 1 is 1.27 bits per heavy atom. The van der Waals surface area contributed by atoms with Crippen molar-refractivity contribution in [2.75, 3.05) is 0 Å².